The van der Waals surface area contributed by atoms with Crippen molar-refractivity contribution in [1.82, 2.24) is 5.32 Å². The summed E-state index contributed by atoms with van der Waals surface area (Å²) in [5, 5.41) is 3.08. The van der Waals surface area contributed by atoms with E-state index in [0.29, 0.717) is 0 Å². The first kappa shape index (κ1) is 14.5. The predicted molar refractivity (Wildman–Crippen MR) is 62.7 cm³/mol. The lowest BCUT2D eigenvalue weighted by Gasteiger charge is -2.06. The van der Waals surface area contributed by atoms with Crippen molar-refractivity contribution < 1.29 is 0 Å². The molecular formula is C12H23N. The van der Waals surface area contributed by atoms with Crippen molar-refractivity contribution in [1.29, 1.82) is 0 Å². The summed E-state index contributed by atoms with van der Waals surface area (Å²) in [7, 11) is 1.90. The van der Waals surface area contributed by atoms with Gasteiger partial charge in [0, 0.05) is 12.7 Å². The van der Waals surface area contributed by atoms with Gasteiger partial charge in [-0.1, -0.05) is 46.4 Å². The summed E-state index contributed by atoms with van der Waals surface area (Å²) in [5.74, 6) is 0. The van der Waals surface area contributed by atoms with Gasteiger partial charge in [0.05, 0.1) is 0 Å². The molecule has 0 rings (SSSR count). The van der Waals surface area contributed by atoms with Crippen molar-refractivity contribution in [3.8, 4) is 0 Å². The molecule has 0 aromatic carbocycles. The molecule has 0 amide bonds. The Morgan fingerprint density at radius 2 is 1.77 bits per heavy atom. The Kier molecular flexibility index (Phi) is 12.3. The van der Waals surface area contributed by atoms with E-state index in [0.717, 1.165) is 18.5 Å². The van der Waals surface area contributed by atoms with Gasteiger partial charge in [0.1, 0.15) is 0 Å². The SMILES string of the molecule is C=C/C(CCC)=C(\C=C)NC.CC. The van der Waals surface area contributed by atoms with E-state index in [-0.39, 0.29) is 0 Å². The Morgan fingerprint density at radius 3 is 2.00 bits per heavy atom. The molecule has 0 radical (unpaired) electrons. The van der Waals surface area contributed by atoms with Gasteiger partial charge in [-0.05, 0) is 18.1 Å². The van der Waals surface area contributed by atoms with Gasteiger partial charge in [-0.3, -0.25) is 0 Å². The highest BCUT2D eigenvalue weighted by Gasteiger charge is 1.95. The van der Waals surface area contributed by atoms with Crippen molar-refractivity contribution in [3.05, 3.63) is 36.6 Å². The highest BCUT2D eigenvalue weighted by Crippen LogP contribution is 2.10. The number of hydrogen-bond donors (Lipinski definition) is 1. The normalized spacial score (nSPS) is 10.5. The third-order valence-corrected chi connectivity index (χ3v) is 1.59. The van der Waals surface area contributed by atoms with Crippen LogP contribution in [0.3, 0.4) is 0 Å². The molecule has 13 heavy (non-hydrogen) atoms. The minimum atomic E-state index is 1.06. The maximum absolute atomic E-state index is 3.75. The smallest absolute Gasteiger partial charge is 0.0363 e. The van der Waals surface area contributed by atoms with Gasteiger partial charge >= 0.3 is 0 Å². The highest BCUT2D eigenvalue weighted by atomic mass is 14.8. The average Bonchev–Trinajstić information content (AvgIpc) is 2.21. The molecule has 0 aliphatic carbocycles. The van der Waals surface area contributed by atoms with Crippen molar-refractivity contribution in [2.75, 3.05) is 7.05 Å². The molecule has 0 aliphatic heterocycles. The second-order valence-corrected chi connectivity index (χ2v) is 2.35. The van der Waals surface area contributed by atoms with Gasteiger partial charge in [0.25, 0.3) is 0 Å². The average molecular weight is 181 g/mol. The van der Waals surface area contributed by atoms with Crippen LogP contribution in [0.5, 0.6) is 0 Å². The van der Waals surface area contributed by atoms with Gasteiger partial charge in [0.2, 0.25) is 0 Å². The zero-order valence-electron chi connectivity index (χ0n) is 9.48. The van der Waals surface area contributed by atoms with Gasteiger partial charge in [0.15, 0.2) is 0 Å². The van der Waals surface area contributed by atoms with Crippen LogP contribution in [-0.2, 0) is 0 Å². The maximum atomic E-state index is 3.75. The molecule has 0 unspecified atom stereocenters. The minimum absolute atomic E-state index is 1.06. The molecule has 1 heteroatoms. The Hall–Kier alpha value is -0.980. The third kappa shape index (κ3) is 6.21. The Labute approximate surface area is 83.2 Å². The molecule has 0 aliphatic rings. The molecule has 0 fully saturated rings. The monoisotopic (exact) mass is 181 g/mol. The fraction of sp³-hybridized carbons (Fsp3) is 0.500. The fourth-order valence-corrected chi connectivity index (χ4v) is 1.01. The molecule has 0 saturated heterocycles. The van der Waals surface area contributed by atoms with Crippen LogP contribution in [0.1, 0.15) is 33.6 Å². The third-order valence-electron chi connectivity index (χ3n) is 1.59. The number of likely N-dealkylation sites (N-methyl/N-ethyl adjacent to an activating group) is 1. The molecule has 0 aromatic rings. The van der Waals surface area contributed by atoms with Gasteiger partial charge < -0.3 is 5.32 Å². The van der Waals surface area contributed by atoms with E-state index in [2.05, 4.69) is 25.4 Å². The van der Waals surface area contributed by atoms with Crippen LogP contribution in [0, 0.1) is 0 Å². The lowest BCUT2D eigenvalue weighted by molar-refractivity contribution is 0.890. The van der Waals surface area contributed by atoms with Gasteiger partial charge in [-0.2, -0.15) is 0 Å². The topological polar surface area (TPSA) is 12.0 Å². The van der Waals surface area contributed by atoms with E-state index in [9.17, 15) is 0 Å². The fourth-order valence-electron chi connectivity index (χ4n) is 1.01. The first-order valence-corrected chi connectivity index (χ1v) is 4.95. The van der Waals surface area contributed by atoms with Crippen LogP contribution in [0.4, 0.5) is 0 Å². The van der Waals surface area contributed by atoms with E-state index >= 15 is 0 Å². The summed E-state index contributed by atoms with van der Waals surface area (Å²) in [4.78, 5) is 0. The van der Waals surface area contributed by atoms with Gasteiger partial charge in [-0.15, -0.1) is 0 Å². The Morgan fingerprint density at radius 1 is 1.23 bits per heavy atom. The molecule has 0 saturated carbocycles. The summed E-state index contributed by atoms with van der Waals surface area (Å²) in [6, 6.07) is 0. The second kappa shape index (κ2) is 11.0. The van der Waals surface area contributed by atoms with E-state index in [1.165, 1.54) is 5.57 Å². The second-order valence-electron chi connectivity index (χ2n) is 2.35. The number of nitrogens with one attached hydrogen (secondary N) is 1. The number of rotatable bonds is 5. The Balaban J connectivity index is 0. The van der Waals surface area contributed by atoms with E-state index in [1.54, 1.807) is 0 Å². The minimum Gasteiger partial charge on any atom is -0.388 e. The zero-order valence-corrected chi connectivity index (χ0v) is 9.48. The Bertz CT molecular complexity index is 166. The van der Waals surface area contributed by atoms with Crippen LogP contribution < -0.4 is 5.32 Å². The molecule has 76 valence electrons. The lowest BCUT2D eigenvalue weighted by atomic mass is 10.1. The summed E-state index contributed by atoms with van der Waals surface area (Å²) >= 11 is 0. The van der Waals surface area contributed by atoms with Crippen LogP contribution >= 0.6 is 0 Å². The molecule has 1 N–H and O–H groups in total. The summed E-state index contributed by atoms with van der Waals surface area (Å²) in [6.45, 7) is 13.6. The summed E-state index contributed by atoms with van der Waals surface area (Å²) < 4.78 is 0. The van der Waals surface area contributed by atoms with Crippen LogP contribution in [0.2, 0.25) is 0 Å². The first-order chi connectivity index (χ1) is 6.29. The first-order valence-electron chi connectivity index (χ1n) is 4.95. The molecule has 0 spiro atoms. The predicted octanol–water partition coefficient (Wildman–Crippen LogP) is 3.66. The van der Waals surface area contributed by atoms with Crippen molar-refractivity contribution in [2.24, 2.45) is 0 Å². The molecule has 0 aromatic heterocycles. The van der Waals surface area contributed by atoms with Crippen LogP contribution in [0.15, 0.2) is 36.6 Å². The molecule has 0 atom stereocenters. The van der Waals surface area contributed by atoms with Crippen molar-refractivity contribution in [3.63, 3.8) is 0 Å². The number of allylic oxidation sites excluding steroid dienone is 3. The maximum Gasteiger partial charge on any atom is 0.0363 e. The molecule has 1 nitrogen and oxygen atoms in total. The standard InChI is InChI=1S/C10H17N.C2H6/c1-5-8-9(6-2)10(7-3)11-4;1-2/h6-7,11H,2-3,5,8H2,1,4H3;1-2H3/b10-9-;. The summed E-state index contributed by atoms with van der Waals surface area (Å²) in [5.41, 5.74) is 2.33. The zero-order chi connectivity index (χ0) is 10.7. The van der Waals surface area contributed by atoms with Crippen LogP contribution in [-0.4, -0.2) is 7.05 Å². The number of hydrogen-bond acceptors (Lipinski definition) is 1. The summed E-state index contributed by atoms with van der Waals surface area (Å²) in [6.07, 6.45) is 5.91. The van der Waals surface area contributed by atoms with Crippen molar-refractivity contribution >= 4 is 0 Å². The van der Waals surface area contributed by atoms with Crippen molar-refractivity contribution in [2.45, 2.75) is 33.6 Å². The highest BCUT2D eigenvalue weighted by molar-refractivity contribution is 5.29. The largest absolute Gasteiger partial charge is 0.388 e. The molecule has 0 bridgehead atoms. The van der Waals surface area contributed by atoms with Gasteiger partial charge in [-0.25, -0.2) is 0 Å². The quantitative estimate of drug-likeness (QED) is 0.638. The van der Waals surface area contributed by atoms with E-state index in [4.69, 9.17) is 0 Å². The van der Waals surface area contributed by atoms with E-state index < -0.39 is 0 Å². The molecular weight excluding hydrogens is 158 g/mol. The van der Waals surface area contributed by atoms with Crippen LogP contribution in [0.25, 0.3) is 0 Å². The lowest BCUT2D eigenvalue weighted by Crippen LogP contribution is -2.05. The van der Waals surface area contributed by atoms with E-state index in [1.807, 2.05) is 33.0 Å². The molecule has 0 heterocycles.